The van der Waals surface area contributed by atoms with Crippen molar-refractivity contribution < 1.29 is 21.6 Å². The molecule has 0 aromatic carbocycles. The molecule has 0 saturated carbocycles. The third kappa shape index (κ3) is 5.08. The summed E-state index contributed by atoms with van der Waals surface area (Å²) in [6.45, 7) is -0.202. The third-order valence-corrected chi connectivity index (χ3v) is 2.86. The Morgan fingerprint density at radius 1 is 1.38 bits per heavy atom. The first-order valence-electron chi connectivity index (χ1n) is 4.21. The lowest BCUT2D eigenvalue weighted by Gasteiger charge is -2.08. The van der Waals surface area contributed by atoms with Gasteiger partial charge >= 0.3 is 6.18 Å². The zero-order valence-corrected chi connectivity index (χ0v) is 8.85. The van der Waals surface area contributed by atoms with E-state index in [1.54, 1.807) is 12.1 Å². The molecule has 8 heteroatoms. The molecule has 0 saturated heterocycles. The van der Waals surface area contributed by atoms with Crippen molar-refractivity contribution in [2.75, 3.05) is 5.75 Å². The summed E-state index contributed by atoms with van der Waals surface area (Å²) in [6.07, 6.45) is -1.88. The van der Waals surface area contributed by atoms with Crippen LogP contribution in [0.3, 0.4) is 0 Å². The van der Waals surface area contributed by atoms with Crippen molar-refractivity contribution in [3.8, 4) is 0 Å². The number of nitrogens with one attached hydrogen (secondary N) is 1. The number of hydrogen-bond acceptors (Lipinski definition) is 3. The highest BCUT2D eigenvalue weighted by Crippen LogP contribution is 2.16. The second-order valence-corrected chi connectivity index (χ2v) is 4.86. The molecule has 1 aromatic rings. The van der Waals surface area contributed by atoms with Gasteiger partial charge in [-0.15, -0.1) is 0 Å². The second kappa shape index (κ2) is 4.79. The Kier molecular flexibility index (Phi) is 3.87. The summed E-state index contributed by atoms with van der Waals surface area (Å²) in [5.41, 5.74) is 0.494. The number of pyridine rings is 1. The summed E-state index contributed by atoms with van der Waals surface area (Å²) in [4.78, 5) is 3.70. The first-order valence-corrected chi connectivity index (χ1v) is 5.87. The van der Waals surface area contributed by atoms with E-state index in [2.05, 4.69) is 4.98 Å². The fourth-order valence-electron chi connectivity index (χ4n) is 0.962. The van der Waals surface area contributed by atoms with Crippen molar-refractivity contribution in [1.29, 1.82) is 0 Å². The van der Waals surface area contributed by atoms with Crippen LogP contribution in [0.15, 0.2) is 24.5 Å². The van der Waals surface area contributed by atoms with E-state index in [0.717, 1.165) is 0 Å². The standard InChI is InChI=1S/C8H9F3N2O2S/c9-8(10,11)6-16(14,15)13-5-7-2-1-3-12-4-7/h1-4,13H,5-6H2. The Bertz CT molecular complexity index is 430. The normalized spacial score (nSPS) is 12.7. The number of alkyl halides is 3. The van der Waals surface area contributed by atoms with E-state index in [0.29, 0.717) is 5.56 Å². The Hall–Kier alpha value is -1.15. The van der Waals surface area contributed by atoms with Crippen LogP contribution in [0.1, 0.15) is 5.56 Å². The van der Waals surface area contributed by atoms with Gasteiger partial charge in [-0.3, -0.25) is 4.98 Å². The highest BCUT2D eigenvalue weighted by molar-refractivity contribution is 7.89. The quantitative estimate of drug-likeness (QED) is 0.874. The fraction of sp³-hybridized carbons (Fsp3) is 0.375. The molecular weight excluding hydrogens is 245 g/mol. The third-order valence-electron chi connectivity index (χ3n) is 1.57. The van der Waals surface area contributed by atoms with E-state index in [-0.39, 0.29) is 6.54 Å². The maximum absolute atomic E-state index is 11.8. The Labute approximate surface area is 90.6 Å². The SMILES string of the molecule is O=S(=O)(CC(F)(F)F)NCc1cccnc1. The topological polar surface area (TPSA) is 59.1 Å². The van der Waals surface area contributed by atoms with E-state index in [1.807, 2.05) is 4.72 Å². The van der Waals surface area contributed by atoms with E-state index in [9.17, 15) is 21.6 Å². The van der Waals surface area contributed by atoms with Crippen LogP contribution in [0, 0.1) is 0 Å². The van der Waals surface area contributed by atoms with Crippen molar-refractivity contribution in [3.63, 3.8) is 0 Å². The van der Waals surface area contributed by atoms with Gasteiger partial charge < -0.3 is 0 Å². The molecule has 0 bridgehead atoms. The zero-order chi connectivity index (χ0) is 12.2. The molecule has 0 fully saturated rings. The lowest BCUT2D eigenvalue weighted by Crippen LogP contribution is -2.33. The van der Waals surface area contributed by atoms with E-state index < -0.39 is 22.0 Å². The molecule has 1 N–H and O–H groups in total. The van der Waals surface area contributed by atoms with E-state index in [4.69, 9.17) is 0 Å². The maximum atomic E-state index is 11.8. The minimum atomic E-state index is -4.74. The molecule has 1 rings (SSSR count). The van der Waals surface area contributed by atoms with Crippen molar-refractivity contribution in [1.82, 2.24) is 9.71 Å². The second-order valence-electron chi connectivity index (χ2n) is 3.06. The molecule has 90 valence electrons. The highest BCUT2D eigenvalue weighted by Gasteiger charge is 2.34. The van der Waals surface area contributed by atoms with Crippen LogP contribution in [0.4, 0.5) is 13.2 Å². The van der Waals surface area contributed by atoms with Gasteiger partial charge in [0.05, 0.1) is 0 Å². The van der Waals surface area contributed by atoms with Gasteiger partial charge in [0.2, 0.25) is 10.0 Å². The average Bonchev–Trinajstić information content (AvgIpc) is 2.13. The summed E-state index contributed by atoms with van der Waals surface area (Å²) in [5, 5.41) is 0. The van der Waals surface area contributed by atoms with Crippen LogP contribution in [0.25, 0.3) is 0 Å². The number of nitrogens with zero attached hydrogens (tertiary/aromatic N) is 1. The molecule has 1 aromatic heterocycles. The van der Waals surface area contributed by atoms with Gasteiger partial charge in [-0.25, -0.2) is 13.1 Å². The van der Waals surface area contributed by atoms with Crippen LogP contribution in [0.2, 0.25) is 0 Å². The van der Waals surface area contributed by atoms with Crippen LogP contribution in [-0.4, -0.2) is 25.3 Å². The minimum absolute atomic E-state index is 0.202. The van der Waals surface area contributed by atoms with E-state index in [1.165, 1.54) is 12.4 Å². The van der Waals surface area contributed by atoms with Gasteiger partial charge in [-0.2, -0.15) is 13.2 Å². The highest BCUT2D eigenvalue weighted by atomic mass is 32.2. The number of halogens is 3. The predicted octanol–water partition coefficient (Wildman–Crippen LogP) is 1.06. The van der Waals surface area contributed by atoms with Gasteiger partial charge in [0.1, 0.15) is 0 Å². The van der Waals surface area contributed by atoms with Crippen LogP contribution < -0.4 is 4.72 Å². The molecule has 0 aliphatic carbocycles. The number of hydrogen-bond donors (Lipinski definition) is 1. The first kappa shape index (κ1) is 12.9. The zero-order valence-electron chi connectivity index (χ0n) is 8.03. The first-order chi connectivity index (χ1) is 7.29. The number of sulfonamides is 1. The van der Waals surface area contributed by atoms with Gasteiger partial charge in [-0.05, 0) is 11.6 Å². The van der Waals surface area contributed by atoms with Crippen LogP contribution in [0.5, 0.6) is 0 Å². The van der Waals surface area contributed by atoms with Gasteiger partial charge in [0, 0.05) is 18.9 Å². The summed E-state index contributed by atoms with van der Waals surface area (Å²) < 4.78 is 59.3. The van der Waals surface area contributed by atoms with Crippen molar-refractivity contribution in [3.05, 3.63) is 30.1 Å². The molecule has 0 amide bonds. The Balaban J connectivity index is 2.56. The number of rotatable bonds is 4. The molecular formula is C8H9F3N2O2S. The van der Waals surface area contributed by atoms with Gasteiger partial charge in [0.25, 0.3) is 0 Å². The number of aromatic nitrogens is 1. The maximum Gasteiger partial charge on any atom is 0.404 e. The van der Waals surface area contributed by atoms with Crippen LogP contribution >= 0.6 is 0 Å². The summed E-state index contributed by atoms with van der Waals surface area (Å²) in [5.74, 6) is -1.87. The van der Waals surface area contributed by atoms with Crippen molar-refractivity contribution in [2.45, 2.75) is 12.7 Å². The largest absolute Gasteiger partial charge is 0.404 e. The molecule has 16 heavy (non-hydrogen) atoms. The van der Waals surface area contributed by atoms with Crippen LogP contribution in [-0.2, 0) is 16.6 Å². The fourth-order valence-corrected chi connectivity index (χ4v) is 1.88. The Morgan fingerprint density at radius 3 is 2.56 bits per heavy atom. The smallest absolute Gasteiger partial charge is 0.264 e. The predicted molar refractivity (Wildman–Crippen MR) is 50.9 cm³/mol. The molecule has 0 aliphatic heterocycles. The molecule has 0 radical (unpaired) electrons. The summed E-state index contributed by atoms with van der Waals surface area (Å²) in [7, 11) is -4.34. The molecule has 0 aliphatic rings. The molecule has 4 nitrogen and oxygen atoms in total. The monoisotopic (exact) mass is 254 g/mol. The molecule has 0 spiro atoms. The molecule has 0 atom stereocenters. The molecule has 1 heterocycles. The van der Waals surface area contributed by atoms with Crippen molar-refractivity contribution in [2.24, 2.45) is 0 Å². The van der Waals surface area contributed by atoms with E-state index >= 15 is 0 Å². The summed E-state index contributed by atoms with van der Waals surface area (Å²) in [6, 6.07) is 3.12. The minimum Gasteiger partial charge on any atom is -0.264 e. The summed E-state index contributed by atoms with van der Waals surface area (Å²) >= 11 is 0. The Morgan fingerprint density at radius 2 is 2.06 bits per heavy atom. The van der Waals surface area contributed by atoms with Crippen molar-refractivity contribution >= 4 is 10.0 Å². The molecule has 0 unspecified atom stereocenters. The lowest BCUT2D eigenvalue weighted by atomic mass is 10.3. The average molecular weight is 254 g/mol. The van der Waals surface area contributed by atoms with Gasteiger partial charge in [0.15, 0.2) is 5.75 Å². The lowest BCUT2D eigenvalue weighted by molar-refractivity contribution is -0.106. The van der Waals surface area contributed by atoms with Gasteiger partial charge in [-0.1, -0.05) is 6.07 Å².